The molecule has 1 heterocycles. The largest absolute Gasteiger partial charge is 0.377 e. The van der Waals surface area contributed by atoms with E-state index in [2.05, 4.69) is 5.32 Å². The highest BCUT2D eigenvalue weighted by Crippen LogP contribution is 2.24. The van der Waals surface area contributed by atoms with Gasteiger partial charge in [0.2, 0.25) is 10.0 Å². The van der Waals surface area contributed by atoms with Crippen LogP contribution in [0.4, 0.5) is 5.69 Å². The van der Waals surface area contributed by atoms with Crippen LogP contribution < -0.4 is 10.2 Å². The SMILES string of the molecule is Cc1ccc(S(=O)(=O)N2CCNCC2)cc1N(C)C. The van der Waals surface area contributed by atoms with Crippen LogP contribution in [-0.4, -0.2) is 53.0 Å². The van der Waals surface area contributed by atoms with Gasteiger partial charge in [-0.2, -0.15) is 4.31 Å². The fourth-order valence-electron chi connectivity index (χ4n) is 2.27. The maximum absolute atomic E-state index is 12.6. The zero-order chi connectivity index (χ0) is 14.0. The average molecular weight is 283 g/mol. The van der Waals surface area contributed by atoms with Gasteiger partial charge in [-0.25, -0.2) is 8.42 Å². The van der Waals surface area contributed by atoms with E-state index in [0.29, 0.717) is 31.1 Å². The summed E-state index contributed by atoms with van der Waals surface area (Å²) in [6.07, 6.45) is 0. The summed E-state index contributed by atoms with van der Waals surface area (Å²) in [5.74, 6) is 0. The van der Waals surface area contributed by atoms with E-state index in [1.165, 1.54) is 0 Å². The smallest absolute Gasteiger partial charge is 0.243 e. The van der Waals surface area contributed by atoms with Gasteiger partial charge in [0.05, 0.1) is 4.90 Å². The highest BCUT2D eigenvalue weighted by atomic mass is 32.2. The lowest BCUT2D eigenvalue weighted by Crippen LogP contribution is -2.46. The standard InChI is InChI=1S/C13H21N3O2S/c1-11-4-5-12(10-13(11)15(2)3)19(17,18)16-8-6-14-7-9-16/h4-5,10,14H,6-9H2,1-3H3. The molecule has 1 fully saturated rings. The van der Waals surface area contributed by atoms with Gasteiger partial charge in [-0.05, 0) is 24.6 Å². The van der Waals surface area contributed by atoms with Gasteiger partial charge >= 0.3 is 0 Å². The lowest BCUT2D eigenvalue weighted by atomic mass is 10.2. The Hall–Kier alpha value is -1.11. The molecule has 1 saturated heterocycles. The summed E-state index contributed by atoms with van der Waals surface area (Å²) in [7, 11) is 0.472. The first-order valence-corrected chi connectivity index (χ1v) is 7.86. The second kappa shape index (κ2) is 5.48. The van der Waals surface area contributed by atoms with Crippen molar-refractivity contribution >= 4 is 15.7 Å². The molecule has 0 atom stereocenters. The van der Waals surface area contributed by atoms with Crippen LogP contribution in [0.2, 0.25) is 0 Å². The molecule has 1 aromatic carbocycles. The van der Waals surface area contributed by atoms with Crippen LogP contribution in [-0.2, 0) is 10.0 Å². The van der Waals surface area contributed by atoms with Gasteiger partial charge in [0.15, 0.2) is 0 Å². The number of hydrogen-bond donors (Lipinski definition) is 1. The molecule has 6 heteroatoms. The second-order valence-corrected chi connectivity index (χ2v) is 6.93. The normalized spacial score (nSPS) is 17.4. The number of piperazine rings is 1. The summed E-state index contributed by atoms with van der Waals surface area (Å²) in [6, 6.07) is 5.32. The number of sulfonamides is 1. The fourth-order valence-corrected chi connectivity index (χ4v) is 3.73. The Kier molecular flexibility index (Phi) is 4.13. The van der Waals surface area contributed by atoms with Crippen molar-refractivity contribution in [2.45, 2.75) is 11.8 Å². The Morgan fingerprint density at radius 1 is 1.21 bits per heavy atom. The summed E-state index contributed by atoms with van der Waals surface area (Å²) in [4.78, 5) is 2.32. The van der Waals surface area contributed by atoms with Crippen LogP contribution in [0.25, 0.3) is 0 Å². The fraction of sp³-hybridized carbons (Fsp3) is 0.538. The highest BCUT2D eigenvalue weighted by molar-refractivity contribution is 7.89. The van der Waals surface area contributed by atoms with E-state index in [1.54, 1.807) is 16.4 Å². The minimum absolute atomic E-state index is 0.378. The molecule has 1 aliphatic rings. The molecule has 0 unspecified atom stereocenters. The van der Waals surface area contributed by atoms with Crippen LogP contribution in [0.1, 0.15) is 5.56 Å². The third-order valence-electron chi connectivity index (χ3n) is 3.38. The number of nitrogens with one attached hydrogen (secondary N) is 1. The Labute approximate surface area is 115 Å². The van der Waals surface area contributed by atoms with Gasteiger partial charge in [0.25, 0.3) is 0 Å². The number of benzene rings is 1. The van der Waals surface area contributed by atoms with Gasteiger partial charge in [-0.1, -0.05) is 6.07 Å². The van der Waals surface area contributed by atoms with E-state index < -0.39 is 10.0 Å². The van der Waals surface area contributed by atoms with E-state index in [9.17, 15) is 8.42 Å². The van der Waals surface area contributed by atoms with Gasteiger partial charge in [-0.3, -0.25) is 0 Å². The molecular formula is C13H21N3O2S. The predicted molar refractivity (Wildman–Crippen MR) is 77.1 cm³/mol. The molecule has 5 nitrogen and oxygen atoms in total. The Morgan fingerprint density at radius 3 is 2.42 bits per heavy atom. The van der Waals surface area contributed by atoms with E-state index in [-0.39, 0.29) is 0 Å². The molecule has 1 N–H and O–H groups in total. The molecular weight excluding hydrogens is 262 g/mol. The highest BCUT2D eigenvalue weighted by Gasteiger charge is 2.26. The second-order valence-electron chi connectivity index (χ2n) is 5.00. The summed E-state index contributed by atoms with van der Waals surface area (Å²) < 4.78 is 26.7. The number of hydrogen-bond acceptors (Lipinski definition) is 4. The number of anilines is 1. The Bertz CT molecular complexity index is 549. The maximum atomic E-state index is 12.6. The Morgan fingerprint density at radius 2 is 1.84 bits per heavy atom. The van der Waals surface area contributed by atoms with E-state index in [4.69, 9.17) is 0 Å². The van der Waals surface area contributed by atoms with E-state index >= 15 is 0 Å². The van der Waals surface area contributed by atoms with Crippen molar-refractivity contribution in [2.75, 3.05) is 45.2 Å². The summed E-state index contributed by atoms with van der Waals surface area (Å²) >= 11 is 0. The van der Waals surface area contributed by atoms with Crippen molar-refractivity contribution in [3.8, 4) is 0 Å². The predicted octanol–water partition coefficient (Wildman–Crippen LogP) is 0.655. The molecule has 0 bridgehead atoms. The van der Waals surface area contributed by atoms with Crippen molar-refractivity contribution in [1.82, 2.24) is 9.62 Å². The van der Waals surface area contributed by atoms with Crippen LogP contribution >= 0.6 is 0 Å². The van der Waals surface area contributed by atoms with Crippen molar-refractivity contribution in [1.29, 1.82) is 0 Å². The molecule has 1 aliphatic heterocycles. The molecule has 0 aromatic heterocycles. The van der Waals surface area contributed by atoms with Crippen molar-refractivity contribution in [3.63, 3.8) is 0 Å². The third-order valence-corrected chi connectivity index (χ3v) is 5.27. The summed E-state index contributed by atoms with van der Waals surface area (Å²) in [5, 5.41) is 3.16. The van der Waals surface area contributed by atoms with Crippen LogP contribution in [0, 0.1) is 6.92 Å². The summed E-state index contributed by atoms with van der Waals surface area (Å²) in [6.45, 7) is 4.48. The van der Waals surface area contributed by atoms with Crippen LogP contribution in [0.3, 0.4) is 0 Å². The first-order valence-electron chi connectivity index (χ1n) is 6.42. The van der Waals surface area contributed by atoms with Gasteiger partial charge < -0.3 is 10.2 Å². The molecule has 0 saturated carbocycles. The monoisotopic (exact) mass is 283 g/mol. The van der Waals surface area contributed by atoms with Crippen molar-refractivity contribution < 1.29 is 8.42 Å². The quantitative estimate of drug-likeness (QED) is 0.885. The number of rotatable bonds is 3. The first kappa shape index (κ1) is 14.3. The minimum Gasteiger partial charge on any atom is -0.377 e. The van der Waals surface area contributed by atoms with Crippen LogP contribution in [0.15, 0.2) is 23.1 Å². The molecule has 19 heavy (non-hydrogen) atoms. The van der Waals surface area contributed by atoms with Gasteiger partial charge in [-0.15, -0.1) is 0 Å². The zero-order valence-electron chi connectivity index (χ0n) is 11.7. The van der Waals surface area contributed by atoms with E-state index in [0.717, 1.165) is 11.3 Å². The van der Waals surface area contributed by atoms with Gasteiger partial charge in [0.1, 0.15) is 0 Å². The van der Waals surface area contributed by atoms with Crippen molar-refractivity contribution in [2.24, 2.45) is 0 Å². The van der Waals surface area contributed by atoms with E-state index in [1.807, 2.05) is 32.0 Å². The van der Waals surface area contributed by atoms with Crippen LogP contribution in [0.5, 0.6) is 0 Å². The topological polar surface area (TPSA) is 52.7 Å². The lowest BCUT2D eigenvalue weighted by molar-refractivity contribution is 0.360. The molecule has 106 valence electrons. The number of aryl methyl sites for hydroxylation is 1. The maximum Gasteiger partial charge on any atom is 0.243 e. The molecule has 0 aliphatic carbocycles. The Balaban J connectivity index is 2.37. The average Bonchev–Trinajstić information content (AvgIpc) is 2.39. The zero-order valence-corrected chi connectivity index (χ0v) is 12.5. The molecule has 0 spiro atoms. The van der Waals surface area contributed by atoms with Crippen molar-refractivity contribution in [3.05, 3.63) is 23.8 Å². The number of nitrogens with zero attached hydrogens (tertiary/aromatic N) is 2. The first-order chi connectivity index (χ1) is 8.93. The lowest BCUT2D eigenvalue weighted by Gasteiger charge is -2.27. The molecule has 1 aromatic rings. The molecule has 0 radical (unpaired) electrons. The third kappa shape index (κ3) is 2.91. The summed E-state index contributed by atoms with van der Waals surface area (Å²) in [5.41, 5.74) is 2.01. The molecule has 2 rings (SSSR count). The minimum atomic E-state index is -3.37. The molecule has 0 amide bonds. The van der Waals surface area contributed by atoms with Gasteiger partial charge in [0, 0.05) is 46.0 Å².